The van der Waals surface area contributed by atoms with Gasteiger partial charge < -0.3 is 29.7 Å². The van der Waals surface area contributed by atoms with E-state index in [4.69, 9.17) is 33.1 Å². The maximum atomic E-state index is 8.81. The molecule has 130 valence electrons. The number of aliphatic hydroxyl groups is 1. The van der Waals surface area contributed by atoms with Gasteiger partial charge in [-0.3, -0.25) is 0 Å². The molecule has 6 nitrogen and oxygen atoms in total. The molecule has 0 aromatic rings. The molecule has 0 saturated carbocycles. The van der Waals surface area contributed by atoms with Gasteiger partial charge in [-0.15, -0.1) is 0 Å². The standard InChI is InChI=1S/C15H32BNO5/c1-11(8-14(9-21-16)22-13(3)17)12(2)19-7-6-15(4,5)20-10-18/h11-14,18H,6-10,17H2,1-5H3. The first-order valence-electron chi connectivity index (χ1n) is 7.81. The molecular formula is C15H32BNO5. The van der Waals surface area contributed by atoms with Crippen LogP contribution in [0.3, 0.4) is 0 Å². The normalized spacial score (nSPS) is 18.0. The van der Waals surface area contributed by atoms with Gasteiger partial charge in [0.05, 0.1) is 24.4 Å². The van der Waals surface area contributed by atoms with Gasteiger partial charge in [0, 0.05) is 6.61 Å². The predicted molar refractivity (Wildman–Crippen MR) is 86.3 cm³/mol. The molecule has 0 fully saturated rings. The third-order valence-corrected chi connectivity index (χ3v) is 3.67. The van der Waals surface area contributed by atoms with Crippen molar-refractivity contribution in [3.05, 3.63) is 0 Å². The number of hydrogen-bond acceptors (Lipinski definition) is 6. The Hall–Kier alpha value is -0.175. The zero-order valence-electron chi connectivity index (χ0n) is 14.6. The molecule has 0 aromatic heterocycles. The summed E-state index contributed by atoms with van der Waals surface area (Å²) in [5.74, 6) is 0.265. The maximum Gasteiger partial charge on any atom is 0.282 e. The van der Waals surface area contributed by atoms with E-state index in [1.54, 1.807) is 6.92 Å². The zero-order valence-corrected chi connectivity index (χ0v) is 14.6. The molecular weight excluding hydrogens is 285 g/mol. The van der Waals surface area contributed by atoms with Crippen LogP contribution in [0, 0.1) is 5.92 Å². The van der Waals surface area contributed by atoms with Gasteiger partial charge in [-0.25, -0.2) is 0 Å². The molecule has 4 atom stereocenters. The van der Waals surface area contributed by atoms with Crippen LogP contribution in [0.2, 0.25) is 0 Å². The van der Waals surface area contributed by atoms with Crippen LogP contribution >= 0.6 is 0 Å². The summed E-state index contributed by atoms with van der Waals surface area (Å²) in [5, 5.41) is 8.81. The highest BCUT2D eigenvalue weighted by molar-refractivity contribution is 5.97. The Balaban J connectivity index is 4.15. The summed E-state index contributed by atoms with van der Waals surface area (Å²) in [6, 6.07) is 0. The van der Waals surface area contributed by atoms with Crippen molar-refractivity contribution in [2.45, 2.75) is 71.5 Å². The molecule has 0 aliphatic carbocycles. The van der Waals surface area contributed by atoms with Gasteiger partial charge in [-0.05, 0) is 46.5 Å². The lowest BCUT2D eigenvalue weighted by molar-refractivity contribution is -0.114. The minimum atomic E-state index is -0.397. The van der Waals surface area contributed by atoms with Gasteiger partial charge in [-0.2, -0.15) is 0 Å². The van der Waals surface area contributed by atoms with E-state index in [9.17, 15) is 0 Å². The lowest BCUT2D eigenvalue weighted by Gasteiger charge is -2.28. The minimum Gasteiger partial charge on any atom is -0.445 e. The Morgan fingerprint density at radius 2 is 1.86 bits per heavy atom. The van der Waals surface area contributed by atoms with Crippen LogP contribution in [0.25, 0.3) is 0 Å². The Bertz CT molecular complexity index is 279. The highest BCUT2D eigenvalue weighted by Gasteiger charge is 2.22. The van der Waals surface area contributed by atoms with E-state index in [-0.39, 0.29) is 31.1 Å². The SMILES string of the molecule is [B]OCC(CC(C)C(C)OCCC(C)(C)OCO)OC(C)N. The second-order valence-electron chi connectivity index (χ2n) is 6.37. The van der Waals surface area contributed by atoms with Gasteiger partial charge in [0.15, 0.2) is 0 Å². The number of hydrogen-bond donors (Lipinski definition) is 2. The third kappa shape index (κ3) is 10.5. The van der Waals surface area contributed by atoms with Gasteiger partial charge in [0.25, 0.3) is 8.05 Å². The van der Waals surface area contributed by atoms with E-state index in [1.807, 2.05) is 20.8 Å². The molecule has 22 heavy (non-hydrogen) atoms. The van der Waals surface area contributed by atoms with Crippen LogP contribution in [-0.4, -0.2) is 57.2 Å². The average Bonchev–Trinajstić information content (AvgIpc) is 2.37. The molecule has 0 bridgehead atoms. The van der Waals surface area contributed by atoms with E-state index in [1.165, 1.54) is 0 Å². The monoisotopic (exact) mass is 317 g/mol. The molecule has 0 amide bonds. The molecule has 0 spiro atoms. The molecule has 4 unspecified atom stereocenters. The molecule has 0 aromatic carbocycles. The van der Waals surface area contributed by atoms with Crippen molar-refractivity contribution >= 4 is 8.05 Å². The molecule has 2 radical (unpaired) electrons. The predicted octanol–water partition coefficient (Wildman–Crippen LogP) is 1.34. The van der Waals surface area contributed by atoms with E-state index >= 15 is 0 Å². The van der Waals surface area contributed by atoms with E-state index in [2.05, 4.69) is 11.6 Å². The van der Waals surface area contributed by atoms with Crippen molar-refractivity contribution in [1.29, 1.82) is 0 Å². The fraction of sp³-hybridized carbons (Fsp3) is 1.00. The number of nitrogens with two attached hydrogens (primary N) is 1. The van der Waals surface area contributed by atoms with Crippen molar-refractivity contribution in [3.8, 4) is 0 Å². The highest BCUT2D eigenvalue weighted by atomic mass is 16.6. The number of aliphatic hydroxyl groups excluding tert-OH is 1. The smallest absolute Gasteiger partial charge is 0.282 e. The number of rotatable bonds is 13. The first-order valence-corrected chi connectivity index (χ1v) is 7.81. The molecule has 0 rings (SSSR count). The van der Waals surface area contributed by atoms with Gasteiger partial charge >= 0.3 is 0 Å². The van der Waals surface area contributed by atoms with E-state index in [0.29, 0.717) is 19.6 Å². The van der Waals surface area contributed by atoms with Crippen LogP contribution < -0.4 is 5.73 Å². The average molecular weight is 317 g/mol. The summed E-state index contributed by atoms with van der Waals surface area (Å²) in [5.41, 5.74) is 5.25. The van der Waals surface area contributed by atoms with E-state index < -0.39 is 5.60 Å². The molecule has 7 heteroatoms. The van der Waals surface area contributed by atoms with Crippen LogP contribution in [0.5, 0.6) is 0 Å². The Kier molecular flexibility index (Phi) is 11.3. The van der Waals surface area contributed by atoms with Crippen LogP contribution in [-0.2, 0) is 18.9 Å². The van der Waals surface area contributed by atoms with Crippen LogP contribution in [0.1, 0.15) is 47.5 Å². The van der Waals surface area contributed by atoms with Crippen molar-refractivity contribution in [2.75, 3.05) is 20.0 Å². The lowest BCUT2D eigenvalue weighted by Crippen LogP contribution is -2.34. The second-order valence-corrected chi connectivity index (χ2v) is 6.37. The molecule has 3 N–H and O–H groups in total. The zero-order chi connectivity index (χ0) is 17.2. The van der Waals surface area contributed by atoms with Crippen molar-refractivity contribution in [1.82, 2.24) is 0 Å². The second kappa shape index (κ2) is 11.4. The van der Waals surface area contributed by atoms with Gasteiger partial charge in [0.1, 0.15) is 13.0 Å². The largest absolute Gasteiger partial charge is 0.445 e. The summed E-state index contributed by atoms with van der Waals surface area (Å²) in [7, 11) is 5.13. The fourth-order valence-corrected chi connectivity index (χ4v) is 2.08. The molecule has 0 heterocycles. The Labute approximate surface area is 136 Å². The molecule has 0 aliphatic rings. The fourth-order valence-electron chi connectivity index (χ4n) is 2.08. The quantitative estimate of drug-likeness (QED) is 0.394. The van der Waals surface area contributed by atoms with Crippen molar-refractivity contribution < 1.29 is 24.0 Å². The summed E-state index contributed by atoms with van der Waals surface area (Å²) in [6.45, 7) is 10.3. The first kappa shape index (κ1) is 21.8. The van der Waals surface area contributed by atoms with Crippen LogP contribution in [0.15, 0.2) is 0 Å². The molecule has 0 saturated heterocycles. The first-order chi connectivity index (χ1) is 10.2. The summed E-state index contributed by atoms with van der Waals surface area (Å²) in [6.07, 6.45) is 0.995. The summed E-state index contributed by atoms with van der Waals surface area (Å²) >= 11 is 0. The van der Waals surface area contributed by atoms with Gasteiger partial charge in [0.2, 0.25) is 0 Å². The minimum absolute atomic E-state index is 0.0573. The Morgan fingerprint density at radius 3 is 2.36 bits per heavy atom. The van der Waals surface area contributed by atoms with Crippen LogP contribution in [0.4, 0.5) is 0 Å². The van der Waals surface area contributed by atoms with Crippen molar-refractivity contribution in [2.24, 2.45) is 11.7 Å². The molecule has 0 aliphatic heterocycles. The topological polar surface area (TPSA) is 83.2 Å². The Morgan fingerprint density at radius 1 is 1.23 bits per heavy atom. The summed E-state index contributed by atoms with van der Waals surface area (Å²) in [4.78, 5) is 0. The van der Waals surface area contributed by atoms with Gasteiger partial charge in [-0.1, -0.05) is 6.92 Å². The highest BCUT2D eigenvalue weighted by Crippen LogP contribution is 2.19. The number of ether oxygens (including phenoxy) is 3. The lowest BCUT2D eigenvalue weighted by atomic mass is 9.98. The summed E-state index contributed by atoms with van der Waals surface area (Å²) < 4.78 is 21.3. The van der Waals surface area contributed by atoms with Crippen molar-refractivity contribution in [3.63, 3.8) is 0 Å². The third-order valence-electron chi connectivity index (χ3n) is 3.67. The van der Waals surface area contributed by atoms with E-state index in [0.717, 1.165) is 6.42 Å². The maximum absolute atomic E-state index is 8.81.